The minimum atomic E-state index is -0.596. The smallest absolute Gasteiger partial charge is 0.102 e. The van der Waals surface area contributed by atoms with Crippen LogP contribution in [0.5, 0.6) is 0 Å². The Morgan fingerprint density at radius 2 is 2.14 bits per heavy atom. The van der Waals surface area contributed by atoms with Gasteiger partial charge in [0, 0.05) is 5.92 Å². The second-order valence-electron chi connectivity index (χ2n) is 1.93. The second-order valence-corrected chi connectivity index (χ2v) is 1.93. The lowest BCUT2D eigenvalue weighted by Gasteiger charge is -2.23. The number of hydrogen-bond acceptors (Lipinski definition) is 0. The first-order valence-electron chi connectivity index (χ1n) is 2.43. The van der Waals surface area contributed by atoms with Crippen LogP contribution in [-0.4, -0.2) is 6.17 Å². The van der Waals surface area contributed by atoms with Crippen LogP contribution in [0.1, 0.15) is 12.8 Å². The summed E-state index contributed by atoms with van der Waals surface area (Å²) >= 11 is 0. The topological polar surface area (TPSA) is 0 Å². The Kier molecular flexibility index (Phi) is 1.02. The lowest BCUT2D eigenvalue weighted by atomic mass is 9.84. The van der Waals surface area contributed by atoms with E-state index < -0.39 is 6.17 Å². The maximum Gasteiger partial charge on any atom is 0.102 e. The summed E-state index contributed by atoms with van der Waals surface area (Å²) in [5, 5.41) is 0. The molecule has 38 valence electrons. The average molecular weight is 98.1 g/mol. The molecule has 0 aromatic carbocycles. The molecule has 0 nitrogen and oxygen atoms in total. The van der Waals surface area contributed by atoms with Gasteiger partial charge in [-0.25, -0.2) is 4.39 Å². The fraction of sp³-hybridized carbons (Fsp3) is 0.667. The Bertz CT molecular complexity index is 95.2. The first-order chi connectivity index (χ1) is 3.33. The lowest BCUT2D eigenvalue weighted by Crippen LogP contribution is -2.22. The van der Waals surface area contributed by atoms with Gasteiger partial charge in [0.05, 0.1) is 0 Å². The molecule has 1 aliphatic rings. The van der Waals surface area contributed by atoms with Gasteiger partial charge in [0.15, 0.2) is 0 Å². The van der Waals surface area contributed by atoms with Gasteiger partial charge in [-0.3, -0.25) is 0 Å². The van der Waals surface area contributed by atoms with Gasteiger partial charge < -0.3 is 0 Å². The molecule has 0 unspecified atom stereocenters. The molecule has 1 saturated carbocycles. The van der Waals surface area contributed by atoms with E-state index in [-0.39, 0.29) is 5.92 Å². The van der Waals surface area contributed by atoms with Crippen molar-refractivity contribution in [3.05, 3.63) is 0 Å². The maximum atomic E-state index is 11.9. The molecule has 0 N–H and O–H groups in total. The monoisotopic (exact) mass is 98.1 g/mol. The van der Waals surface area contributed by atoms with Crippen molar-refractivity contribution in [1.82, 2.24) is 0 Å². The summed E-state index contributed by atoms with van der Waals surface area (Å²) in [7, 11) is 0. The number of alkyl halides is 1. The molecule has 0 heterocycles. The SMILES string of the molecule is C#C[C@H]1C[C@H](F)C1. The number of terminal acetylenes is 1. The fourth-order valence-corrected chi connectivity index (χ4v) is 0.684. The molecule has 1 fully saturated rings. The molecular formula is C6H7F. The third-order valence-corrected chi connectivity index (χ3v) is 1.32. The molecule has 0 radical (unpaired) electrons. The summed E-state index contributed by atoms with van der Waals surface area (Å²) in [5.74, 6) is 2.74. The van der Waals surface area contributed by atoms with E-state index in [1.165, 1.54) is 0 Å². The normalized spacial score (nSPS) is 38.9. The molecule has 0 aromatic heterocycles. The highest BCUT2D eigenvalue weighted by atomic mass is 19.1. The van der Waals surface area contributed by atoms with Crippen molar-refractivity contribution in [2.45, 2.75) is 19.0 Å². The van der Waals surface area contributed by atoms with E-state index in [0.717, 1.165) is 0 Å². The first-order valence-corrected chi connectivity index (χ1v) is 2.43. The zero-order chi connectivity index (χ0) is 5.28. The average Bonchev–Trinajstić information content (AvgIpc) is 1.58. The summed E-state index contributed by atoms with van der Waals surface area (Å²) in [4.78, 5) is 0. The van der Waals surface area contributed by atoms with Crippen LogP contribution in [0, 0.1) is 18.3 Å². The molecule has 0 aliphatic heterocycles. The van der Waals surface area contributed by atoms with Crippen molar-refractivity contribution in [2.24, 2.45) is 5.92 Å². The highest BCUT2D eigenvalue weighted by Crippen LogP contribution is 2.28. The minimum Gasteiger partial charge on any atom is -0.247 e. The number of halogens is 1. The van der Waals surface area contributed by atoms with Crippen molar-refractivity contribution < 1.29 is 4.39 Å². The molecule has 1 rings (SSSR count). The molecule has 0 bridgehead atoms. The van der Waals surface area contributed by atoms with Crippen LogP contribution < -0.4 is 0 Å². The van der Waals surface area contributed by atoms with Gasteiger partial charge in [0.1, 0.15) is 6.17 Å². The summed E-state index contributed by atoms with van der Waals surface area (Å²) in [6.45, 7) is 0. The van der Waals surface area contributed by atoms with Crippen LogP contribution in [0.15, 0.2) is 0 Å². The molecule has 1 heteroatoms. The van der Waals surface area contributed by atoms with Crippen LogP contribution >= 0.6 is 0 Å². The predicted molar refractivity (Wildman–Crippen MR) is 26.5 cm³/mol. The molecule has 0 aromatic rings. The fourth-order valence-electron chi connectivity index (χ4n) is 0.684. The molecule has 0 amide bonds. The Hall–Kier alpha value is -0.510. The standard InChI is InChI=1S/C6H7F/c1-2-5-3-6(7)4-5/h1,5-6H,3-4H2/t5-,6-. The van der Waals surface area contributed by atoms with E-state index >= 15 is 0 Å². The maximum absolute atomic E-state index is 11.9. The molecule has 0 atom stereocenters. The van der Waals surface area contributed by atoms with Crippen molar-refractivity contribution >= 4 is 0 Å². The van der Waals surface area contributed by atoms with Crippen LogP contribution in [0.4, 0.5) is 4.39 Å². The summed E-state index contributed by atoms with van der Waals surface area (Å²) in [6, 6.07) is 0. The van der Waals surface area contributed by atoms with Gasteiger partial charge in [0.2, 0.25) is 0 Å². The summed E-state index contributed by atoms with van der Waals surface area (Å²) < 4.78 is 11.9. The largest absolute Gasteiger partial charge is 0.247 e. The van der Waals surface area contributed by atoms with Crippen LogP contribution in [0.3, 0.4) is 0 Å². The van der Waals surface area contributed by atoms with Gasteiger partial charge in [-0.1, -0.05) is 0 Å². The van der Waals surface area contributed by atoms with E-state index in [0.29, 0.717) is 12.8 Å². The molecule has 1 aliphatic carbocycles. The predicted octanol–water partition coefficient (Wildman–Crippen LogP) is 1.37. The van der Waals surface area contributed by atoms with Gasteiger partial charge in [-0.05, 0) is 12.8 Å². The van der Waals surface area contributed by atoms with Crippen molar-refractivity contribution in [3.63, 3.8) is 0 Å². The van der Waals surface area contributed by atoms with E-state index in [9.17, 15) is 4.39 Å². The molecule has 0 spiro atoms. The van der Waals surface area contributed by atoms with E-state index in [2.05, 4.69) is 5.92 Å². The van der Waals surface area contributed by atoms with E-state index in [1.54, 1.807) is 0 Å². The molecular weight excluding hydrogens is 91.1 g/mol. The Labute approximate surface area is 42.7 Å². The quantitative estimate of drug-likeness (QED) is 0.401. The highest BCUT2D eigenvalue weighted by molar-refractivity contribution is 5.00. The van der Waals surface area contributed by atoms with Crippen molar-refractivity contribution in [2.75, 3.05) is 0 Å². The van der Waals surface area contributed by atoms with E-state index in [1.807, 2.05) is 0 Å². The van der Waals surface area contributed by atoms with E-state index in [4.69, 9.17) is 6.42 Å². The number of rotatable bonds is 0. The third-order valence-electron chi connectivity index (χ3n) is 1.32. The van der Waals surface area contributed by atoms with Gasteiger partial charge >= 0.3 is 0 Å². The Morgan fingerprint density at radius 1 is 1.57 bits per heavy atom. The zero-order valence-electron chi connectivity index (χ0n) is 4.02. The van der Waals surface area contributed by atoms with Gasteiger partial charge in [0.25, 0.3) is 0 Å². The molecule has 7 heavy (non-hydrogen) atoms. The third kappa shape index (κ3) is 0.742. The van der Waals surface area contributed by atoms with Crippen LogP contribution in [0.25, 0.3) is 0 Å². The minimum absolute atomic E-state index is 0.245. The zero-order valence-corrected chi connectivity index (χ0v) is 4.02. The second kappa shape index (κ2) is 1.54. The first kappa shape index (κ1) is 4.64. The summed E-state index contributed by atoms with van der Waals surface area (Å²) in [6.07, 6.45) is 5.57. The van der Waals surface area contributed by atoms with Crippen LogP contribution in [0.2, 0.25) is 0 Å². The summed E-state index contributed by atoms with van der Waals surface area (Å²) in [5.41, 5.74) is 0. The van der Waals surface area contributed by atoms with Crippen LogP contribution in [-0.2, 0) is 0 Å². The van der Waals surface area contributed by atoms with Gasteiger partial charge in [-0.15, -0.1) is 12.3 Å². The Morgan fingerprint density at radius 3 is 2.29 bits per heavy atom. The van der Waals surface area contributed by atoms with Gasteiger partial charge in [-0.2, -0.15) is 0 Å². The number of hydrogen-bond donors (Lipinski definition) is 0. The Balaban J connectivity index is 2.21. The van der Waals surface area contributed by atoms with Crippen molar-refractivity contribution in [1.29, 1.82) is 0 Å². The lowest BCUT2D eigenvalue weighted by molar-refractivity contribution is 0.168. The molecule has 0 saturated heterocycles. The van der Waals surface area contributed by atoms with Crippen molar-refractivity contribution in [3.8, 4) is 12.3 Å². The highest BCUT2D eigenvalue weighted by Gasteiger charge is 2.26.